The molecule has 4 nitrogen and oxygen atoms in total. The van der Waals surface area contributed by atoms with Crippen molar-refractivity contribution in [3.05, 3.63) is 233 Å². The maximum absolute atomic E-state index is 9.40. The quantitative estimate of drug-likeness (QED) is 0.0657. The summed E-state index contributed by atoms with van der Waals surface area (Å²) in [4.78, 5) is 8.09. The van der Waals surface area contributed by atoms with E-state index in [4.69, 9.17) is 6.57 Å². The molecular weight excluding hydrogens is 833 g/mol. The average Bonchev–Trinajstić information content (AvgIpc) is 3.34. The Morgan fingerprint density at radius 3 is 0.909 bits per heavy atom. The van der Waals surface area contributed by atoms with Crippen molar-refractivity contribution in [2.24, 2.45) is 0 Å². The minimum absolute atomic E-state index is 0.632. The summed E-state index contributed by atoms with van der Waals surface area (Å²) in [6.07, 6.45) is 8.62. The Morgan fingerprint density at radius 1 is 0.379 bits per heavy atom. The number of anilines is 6. The van der Waals surface area contributed by atoms with Crippen LogP contribution in [0.3, 0.4) is 0 Å². The molecule has 0 N–H and O–H groups in total. The molecule has 0 bridgehead atoms. The van der Waals surface area contributed by atoms with Crippen molar-refractivity contribution in [1.82, 2.24) is 0 Å². The number of hydrogen-bond donors (Lipinski definition) is 0. The first kappa shape index (κ1) is 44.8. The summed E-state index contributed by atoms with van der Waals surface area (Å²) < 4.78 is 0. The topological polar surface area (TPSA) is 34.6 Å². The highest BCUT2D eigenvalue weighted by Gasteiger charge is 2.20. The molecule has 0 fully saturated rings. The molecule has 0 radical (unpaired) electrons. The van der Waals surface area contributed by atoms with Crippen LogP contribution < -0.4 is 20.2 Å². The van der Waals surface area contributed by atoms with Gasteiger partial charge in [0.15, 0.2) is 5.69 Å². The van der Waals surface area contributed by atoms with Gasteiger partial charge in [0.25, 0.3) is 0 Å². The maximum atomic E-state index is 9.40. The molecule has 66 heavy (non-hydrogen) atoms. The van der Waals surface area contributed by atoms with E-state index in [1.165, 1.54) is 21.5 Å². The molecule has 0 spiro atoms. The minimum Gasteiger partial charge on any atom is -0.311 e. The highest BCUT2D eigenvalue weighted by atomic mass is 28.3. The zero-order chi connectivity index (χ0) is 46.3. The zero-order valence-electron chi connectivity index (χ0n) is 38.6. The highest BCUT2D eigenvalue weighted by molar-refractivity contribution is 6.89. The van der Waals surface area contributed by atoms with Crippen LogP contribution in [0.15, 0.2) is 194 Å². The first-order chi connectivity index (χ1) is 31.8. The van der Waals surface area contributed by atoms with Crippen molar-refractivity contribution in [1.29, 1.82) is 5.26 Å². The molecule has 8 rings (SSSR count). The normalized spacial score (nSPS) is 11.6. The molecule has 322 valence electrons. The average molecular weight is 887 g/mol. The van der Waals surface area contributed by atoms with Crippen LogP contribution in [0.2, 0.25) is 39.3 Å². The van der Waals surface area contributed by atoms with Gasteiger partial charge in [-0.15, -0.1) is 0 Å². The van der Waals surface area contributed by atoms with Crippen molar-refractivity contribution >= 4 is 90.6 Å². The molecule has 0 heterocycles. The largest absolute Gasteiger partial charge is 0.311 e. The predicted octanol–water partition coefficient (Wildman–Crippen LogP) is 16.1. The monoisotopic (exact) mass is 886 g/mol. The summed E-state index contributed by atoms with van der Waals surface area (Å²) >= 11 is 0. The Kier molecular flexibility index (Phi) is 13.3. The Bertz CT molecular complexity index is 2820. The van der Waals surface area contributed by atoms with Crippen molar-refractivity contribution in [3.8, 4) is 17.2 Å². The van der Waals surface area contributed by atoms with Crippen molar-refractivity contribution in [3.63, 3.8) is 0 Å². The third kappa shape index (κ3) is 10.8. The van der Waals surface area contributed by atoms with Crippen LogP contribution in [0.25, 0.3) is 40.3 Å². The van der Waals surface area contributed by atoms with Crippen molar-refractivity contribution in [2.75, 3.05) is 9.80 Å². The summed E-state index contributed by atoms with van der Waals surface area (Å²) in [5.74, 6) is 0. The first-order valence-corrected chi connectivity index (χ1v) is 29.4. The highest BCUT2D eigenvalue weighted by Crippen LogP contribution is 2.37. The molecular formula is C60H54N4Si2. The van der Waals surface area contributed by atoms with Crippen LogP contribution in [-0.2, 0) is 0 Å². The molecule has 0 unspecified atom stereocenters. The zero-order valence-corrected chi connectivity index (χ0v) is 40.6. The molecule has 8 aromatic rings. The fourth-order valence-corrected chi connectivity index (χ4v) is 10.2. The second kappa shape index (κ2) is 19.6. The molecule has 0 amide bonds. The number of nitrogens with zero attached hydrogens (tertiary/aromatic N) is 4. The molecule has 0 aliphatic carbocycles. The van der Waals surface area contributed by atoms with Gasteiger partial charge in [0.2, 0.25) is 0 Å². The van der Waals surface area contributed by atoms with E-state index in [2.05, 4.69) is 230 Å². The van der Waals surface area contributed by atoms with Gasteiger partial charge in [-0.25, -0.2) is 4.85 Å². The van der Waals surface area contributed by atoms with E-state index in [9.17, 15) is 5.26 Å². The van der Waals surface area contributed by atoms with E-state index >= 15 is 0 Å². The molecule has 0 aromatic heterocycles. The van der Waals surface area contributed by atoms with Crippen LogP contribution in [0.1, 0.15) is 27.8 Å². The second-order valence-electron chi connectivity index (χ2n) is 18.6. The number of benzene rings is 8. The number of hydrogen-bond acceptors (Lipinski definition) is 3. The van der Waals surface area contributed by atoms with Crippen LogP contribution in [0.5, 0.6) is 0 Å². The predicted molar refractivity (Wildman–Crippen MR) is 289 cm³/mol. The fraction of sp³-hybridized carbons (Fsp3) is 0.100. The van der Waals surface area contributed by atoms with E-state index < -0.39 is 16.1 Å². The maximum Gasteiger partial charge on any atom is 0.187 e. The Morgan fingerprint density at radius 2 is 0.636 bits per heavy atom. The molecule has 0 saturated carbocycles. The lowest BCUT2D eigenvalue weighted by Gasteiger charge is -2.27. The molecule has 8 aromatic carbocycles. The third-order valence-corrected chi connectivity index (χ3v) is 16.0. The lowest BCUT2D eigenvalue weighted by molar-refractivity contribution is 1.28. The van der Waals surface area contributed by atoms with Gasteiger partial charge < -0.3 is 9.80 Å². The van der Waals surface area contributed by atoms with Gasteiger partial charge >= 0.3 is 0 Å². The lowest BCUT2D eigenvalue weighted by Crippen LogP contribution is -2.37. The van der Waals surface area contributed by atoms with Crippen LogP contribution in [0.4, 0.5) is 39.8 Å². The summed E-state index contributed by atoms with van der Waals surface area (Å²) in [6.45, 7) is 21.6. The molecule has 0 atom stereocenters. The standard InChI is InChI=1S/C60H54N4Si2/c1-62-52-26-34-56(35-27-52)64(58-38-42-60(43-39-58)66(5,6)7)54-30-18-48(19-31-54)11-9-46-14-24-51(25-15-46)50-22-12-45(13-23-50)8-10-47-16-28-53(29-17-47)63(55-32-20-49(44-61)21-33-55)57-36-40-59(41-37-57)65(2,3)4/h8-43H,2-7H3/b10-8+,11-9+. The Hall–Kier alpha value is -7.75. The van der Waals surface area contributed by atoms with E-state index in [1.807, 2.05) is 48.5 Å². The Labute approximate surface area is 393 Å². The van der Waals surface area contributed by atoms with E-state index in [-0.39, 0.29) is 0 Å². The summed E-state index contributed by atoms with van der Waals surface area (Å²) in [7, 11) is -2.87. The van der Waals surface area contributed by atoms with Gasteiger partial charge in [-0.05, 0) is 118 Å². The van der Waals surface area contributed by atoms with Gasteiger partial charge in [0.1, 0.15) is 0 Å². The number of nitriles is 1. The van der Waals surface area contributed by atoms with Gasteiger partial charge in [-0.1, -0.05) is 183 Å². The summed E-state index contributed by atoms with van der Waals surface area (Å²) in [5.41, 5.74) is 14.5. The molecule has 6 heteroatoms. The van der Waals surface area contributed by atoms with Crippen LogP contribution in [0, 0.1) is 17.9 Å². The van der Waals surface area contributed by atoms with Gasteiger partial charge in [0, 0.05) is 34.1 Å². The summed E-state index contributed by atoms with van der Waals surface area (Å²) in [6, 6.07) is 70.4. The van der Waals surface area contributed by atoms with Gasteiger partial charge in [-0.2, -0.15) is 5.26 Å². The molecule has 0 aliphatic rings. The first-order valence-electron chi connectivity index (χ1n) is 22.4. The van der Waals surface area contributed by atoms with E-state index in [1.54, 1.807) is 0 Å². The molecule has 0 saturated heterocycles. The Balaban J connectivity index is 0.918. The number of rotatable bonds is 13. The molecule has 0 aliphatic heterocycles. The van der Waals surface area contributed by atoms with Gasteiger partial charge in [0.05, 0.1) is 34.4 Å². The fourth-order valence-electron chi connectivity index (χ4n) is 7.90. The second-order valence-corrected chi connectivity index (χ2v) is 28.8. The smallest absolute Gasteiger partial charge is 0.187 e. The summed E-state index contributed by atoms with van der Waals surface area (Å²) in [5, 5.41) is 12.2. The van der Waals surface area contributed by atoms with Crippen LogP contribution in [-0.4, -0.2) is 16.1 Å². The SMILES string of the molecule is [C-]#[N+]c1ccc(N(c2ccc(/C=C/c3ccc(-c4ccc(/C=C/c5ccc(N(c6ccc(C#N)cc6)c6ccc([Si](C)(C)C)cc6)cc5)cc4)cc3)cc2)c2ccc([Si](C)(C)C)cc2)cc1. The van der Waals surface area contributed by atoms with Crippen LogP contribution >= 0.6 is 0 Å². The van der Waals surface area contributed by atoms with Gasteiger partial charge in [-0.3, -0.25) is 0 Å². The third-order valence-electron chi connectivity index (χ3n) is 11.9. The minimum atomic E-state index is -1.43. The van der Waals surface area contributed by atoms with Crippen molar-refractivity contribution < 1.29 is 0 Å². The van der Waals surface area contributed by atoms with E-state index in [0.29, 0.717) is 11.3 Å². The van der Waals surface area contributed by atoms with E-state index in [0.717, 1.165) is 56.4 Å². The van der Waals surface area contributed by atoms with Crippen molar-refractivity contribution in [2.45, 2.75) is 39.3 Å². The lowest BCUT2D eigenvalue weighted by atomic mass is 10.0.